The maximum Gasteiger partial charge on any atom is 0.306 e. The number of cyclic esters (lactones) is 1. The van der Waals surface area contributed by atoms with Gasteiger partial charge < -0.3 is 4.74 Å². The van der Waals surface area contributed by atoms with E-state index in [1.54, 1.807) is 6.08 Å². The van der Waals surface area contributed by atoms with Crippen molar-refractivity contribution >= 4 is 29.9 Å². The first-order valence-corrected chi connectivity index (χ1v) is 8.19. The van der Waals surface area contributed by atoms with Crippen LogP contribution in [0.1, 0.15) is 6.42 Å². The van der Waals surface area contributed by atoms with E-state index in [1.165, 1.54) is 0 Å². The van der Waals surface area contributed by atoms with Crippen LogP contribution in [-0.4, -0.2) is 36.5 Å². The molecule has 0 N–H and O–H groups in total. The largest absolute Gasteiger partial charge is 0.465 e. The molecule has 134 valence electrons. The van der Waals surface area contributed by atoms with E-state index in [4.69, 9.17) is 0 Å². The number of carbonyl (C=O) groups is 1. The predicted molar refractivity (Wildman–Crippen MR) is 111 cm³/mol. The van der Waals surface area contributed by atoms with Crippen LogP contribution in [0.3, 0.4) is 0 Å². The molecule has 1 fully saturated rings. The van der Waals surface area contributed by atoms with Gasteiger partial charge in [0.1, 0.15) is 6.61 Å². The Morgan fingerprint density at radius 2 is 1.11 bits per heavy atom. The van der Waals surface area contributed by atoms with Crippen LogP contribution in [0.2, 0.25) is 0 Å². The smallest absolute Gasteiger partial charge is 0.306 e. The molecule has 27 heavy (non-hydrogen) atoms. The van der Waals surface area contributed by atoms with Gasteiger partial charge in [0, 0.05) is 29.8 Å². The predicted octanol–water partition coefficient (Wildman–Crippen LogP) is 4.77. The number of esters is 1. The Kier molecular flexibility index (Phi) is 16.9. The maximum absolute atomic E-state index is 10.3. The van der Waals surface area contributed by atoms with Crippen molar-refractivity contribution in [2.24, 2.45) is 0 Å². The van der Waals surface area contributed by atoms with E-state index in [2.05, 4.69) is 29.5 Å². The summed E-state index contributed by atoms with van der Waals surface area (Å²) in [5, 5.41) is 0. The molecule has 0 saturated carbocycles. The van der Waals surface area contributed by atoms with Crippen LogP contribution >= 0.6 is 0 Å². The molecule has 3 aromatic rings. The van der Waals surface area contributed by atoms with Crippen molar-refractivity contribution < 1.29 is 9.53 Å². The van der Waals surface area contributed by atoms with Crippen molar-refractivity contribution in [1.29, 1.82) is 0 Å². The third-order valence-electron chi connectivity index (χ3n) is 2.90. The van der Waals surface area contributed by atoms with Gasteiger partial charge in [-0.05, 0) is 18.2 Å². The normalized spacial score (nSPS) is 11.5. The van der Waals surface area contributed by atoms with Gasteiger partial charge in [-0.1, -0.05) is 97.1 Å². The van der Waals surface area contributed by atoms with Gasteiger partial charge in [-0.2, -0.15) is 0 Å². The van der Waals surface area contributed by atoms with Gasteiger partial charge in [0.2, 0.25) is 0 Å². The van der Waals surface area contributed by atoms with Gasteiger partial charge in [-0.3, -0.25) is 4.79 Å². The molecule has 2 nitrogen and oxygen atoms in total. The monoisotopic (exact) mass is 462 g/mol. The molecule has 8 radical (unpaired) electrons. The van der Waals surface area contributed by atoms with E-state index in [0.29, 0.717) is 13.0 Å². The standard InChI is InChI=1S/C6H7O2.3C6H5.Sn/c1-2-5-3-6(7)8-4-5;3*1-2-4-6-5-3-1;/h2H,1,3-4H2;3*1-5H;. The SMILES string of the molecule is C=C[C]1COC(=O)C1.[Sn].[c]1ccccc1.[c]1ccccc1.[c]1ccccc1. The average Bonchev–Trinajstić information content (AvgIpc) is 3.19. The Balaban J connectivity index is 0.000000332. The molecule has 0 bridgehead atoms. The van der Waals surface area contributed by atoms with Crippen LogP contribution in [0.25, 0.3) is 0 Å². The fourth-order valence-corrected chi connectivity index (χ4v) is 1.62. The van der Waals surface area contributed by atoms with E-state index in [0.717, 1.165) is 5.92 Å². The van der Waals surface area contributed by atoms with Crippen molar-refractivity contribution in [2.75, 3.05) is 6.61 Å². The van der Waals surface area contributed by atoms with E-state index in [9.17, 15) is 4.79 Å². The molecule has 3 heteroatoms. The van der Waals surface area contributed by atoms with Crippen molar-refractivity contribution in [3.63, 3.8) is 0 Å². The zero-order chi connectivity index (χ0) is 18.7. The Morgan fingerprint density at radius 3 is 1.22 bits per heavy atom. The summed E-state index contributed by atoms with van der Waals surface area (Å²) < 4.78 is 4.61. The Bertz CT molecular complexity index is 518. The van der Waals surface area contributed by atoms with Crippen LogP contribution in [0, 0.1) is 24.1 Å². The molecule has 3 aromatic carbocycles. The number of hydrogen-bond donors (Lipinski definition) is 0. The van der Waals surface area contributed by atoms with Gasteiger partial charge in [-0.25, -0.2) is 0 Å². The van der Waals surface area contributed by atoms with Crippen molar-refractivity contribution in [3.8, 4) is 0 Å². The van der Waals surface area contributed by atoms with Crippen LogP contribution < -0.4 is 0 Å². The average molecular weight is 461 g/mol. The van der Waals surface area contributed by atoms with E-state index in [1.807, 2.05) is 91.0 Å². The Morgan fingerprint density at radius 1 is 0.741 bits per heavy atom. The van der Waals surface area contributed by atoms with Gasteiger partial charge in [-0.15, -0.1) is 6.58 Å². The summed E-state index contributed by atoms with van der Waals surface area (Å²) in [5.41, 5.74) is 0. The number of rotatable bonds is 1. The molecule has 1 aliphatic rings. The van der Waals surface area contributed by atoms with Crippen LogP contribution in [0.5, 0.6) is 0 Å². The molecule has 0 aromatic heterocycles. The molecule has 0 spiro atoms. The van der Waals surface area contributed by atoms with E-state index >= 15 is 0 Å². The molecule has 4 rings (SSSR count). The summed E-state index contributed by atoms with van der Waals surface area (Å²) in [4.78, 5) is 10.3. The van der Waals surface area contributed by atoms with Crippen molar-refractivity contribution in [2.45, 2.75) is 6.42 Å². The topological polar surface area (TPSA) is 26.3 Å². The number of benzene rings is 3. The second-order valence-corrected chi connectivity index (χ2v) is 4.93. The minimum Gasteiger partial charge on any atom is -0.465 e. The Hall–Kier alpha value is -2.33. The van der Waals surface area contributed by atoms with Crippen molar-refractivity contribution in [1.82, 2.24) is 0 Å². The number of ether oxygens (including phenoxy) is 1. The third kappa shape index (κ3) is 15.6. The van der Waals surface area contributed by atoms with E-state index in [-0.39, 0.29) is 29.9 Å². The van der Waals surface area contributed by atoms with E-state index < -0.39 is 0 Å². The minimum atomic E-state index is -0.139. The zero-order valence-corrected chi connectivity index (χ0v) is 18.0. The first-order chi connectivity index (χ1) is 12.8. The summed E-state index contributed by atoms with van der Waals surface area (Å²) in [6.07, 6.45) is 2.11. The second-order valence-electron chi connectivity index (χ2n) is 4.93. The first kappa shape index (κ1) is 24.7. The van der Waals surface area contributed by atoms with Crippen LogP contribution in [-0.2, 0) is 9.53 Å². The molecule has 0 atom stereocenters. The van der Waals surface area contributed by atoms with Gasteiger partial charge in [0.15, 0.2) is 0 Å². The molecule has 0 aliphatic carbocycles. The summed E-state index contributed by atoms with van der Waals surface area (Å²) in [6, 6.07) is 37.5. The second kappa shape index (κ2) is 18.5. The number of hydrogen-bond acceptors (Lipinski definition) is 2. The fourth-order valence-electron chi connectivity index (χ4n) is 1.62. The third-order valence-corrected chi connectivity index (χ3v) is 2.90. The zero-order valence-electron chi connectivity index (χ0n) is 15.2. The quantitative estimate of drug-likeness (QED) is 0.386. The van der Waals surface area contributed by atoms with Gasteiger partial charge >= 0.3 is 5.97 Å². The van der Waals surface area contributed by atoms with Crippen molar-refractivity contribution in [3.05, 3.63) is 128 Å². The first-order valence-electron chi connectivity index (χ1n) is 8.19. The molecule has 1 saturated heterocycles. The molecule has 0 unspecified atom stereocenters. The molecule has 0 amide bonds. The Labute approximate surface area is 179 Å². The van der Waals surface area contributed by atoms with Gasteiger partial charge in [0.25, 0.3) is 0 Å². The molecular weight excluding hydrogens is 439 g/mol. The minimum absolute atomic E-state index is 0. The molecule has 1 heterocycles. The molecule has 1 aliphatic heterocycles. The number of carbonyl (C=O) groups excluding carboxylic acids is 1. The summed E-state index contributed by atoms with van der Waals surface area (Å²) in [6.45, 7) is 3.95. The summed E-state index contributed by atoms with van der Waals surface area (Å²) in [5.74, 6) is 0.843. The summed E-state index contributed by atoms with van der Waals surface area (Å²) >= 11 is 0. The van der Waals surface area contributed by atoms with Gasteiger partial charge in [0.05, 0.1) is 6.42 Å². The van der Waals surface area contributed by atoms with Crippen LogP contribution in [0.4, 0.5) is 0 Å². The summed E-state index contributed by atoms with van der Waals surface area (Å²) in [7, 11) is 0. The maximum atomic E-state index is 10.3. The van der Waals surface area contributed by atoms with Crippen LogP contribution in [0.15, 0.2) is 104 Å². The fraction of sp³-hybridized carbons (Fsp3) is 0.0833. The molecular formula is C24H22O2Sn.